The number of halogens is 1. The quantitative estimate of drug-likeness (QED) is 0.418. The fourth-order valence-electron chi connectivity index (χ4n) is 0.385. The van der Waals surface area contributed by atoms with Gasteiger partial charge in [0.05, 0.1) is 7.11 Å². The van der Waals surface area contributed by atoms with Crippen LogP contribution in [0.15, 0.2) is 0 Å². The summed E-state index contributed by atoms with van der Waals surface area (Å²) in [6.45, 7) is 3.99. The minimum atomic E-state index is -0.134. The molecule has 0 bridgehead atoms. The lowest BCUT2D eigenvalue weighted by Gasteiger charge is -2.09. The van der Waals surface area contributed by atoms with Crippen molar-refractivity contribution in [2.45, 2.75) is 17.8 Å². The van der Waals surface area contributed by atoms with Crippen LogP contribution in [0.1, 0.15) is 13.8 Å². The zero-order chi connectivity index (χ0) is 7.44. The third kappa shape index (κ3) is 3.03. The van der Waals surface area contributed by atoms with E-state index in [0.29, 0.717) is 5.92 Å². The minimum Gasteiger partial charge on any atom is -0.468 e. The molecule has 2 nitrogen and oxygen atoms in total. The lowest BCUT2D eigenvalue weighted by molar-refractivity contribution is -0.140. The van der Waals surface area contributed by atoms with Crippen molar-refractivity contribution in [3.8, 4) is 0 Å². The number of hydrogen-bond donors (Lipinski definition) is 0. The highest BCUT2D eigenvalue weighted by atomic mass is 127. The van der Waals surface area contributed by atoms with E-state index in [1.165, 1.54) is 7.11 Å². The highest BCUT2D eigenvalue weighted by Crippen LogP contribution is 2.13. The van der Waals surface area contributed by atoms with E-state index >= 15 is 0 Å². The largest absolute Gasteiger partial charge is 0.468 e. The topological polar surface area (TPSA) is 26.3 Å². The van der Waals surface area contributed by atoms with Gasteiger partial charge in [0.2, 0.25) is 0 Å². The SMILES string of the molecule is COC(=O)C(I)C(C)C. The zero-order valence-corrected chi connectivity index (χ0v) is 8.01. The number of hydrogen-bond acceptors (Lipinski definition) is 2. The standard InChI is InChI=1S/C6H11IO2/c1-4(2)5(7)6(8)9-3/h4-5H,1-3H3. The Kier molecular flexibility index (Phi) is 4.18. The zero-order valence-electron chi connectivity index (χ0n) is 5.85. The third-order valence-electron chi connectivity index (χ3n) is 1.01. The van der Waals surface area contributed by atoms with E-state index < -0.39 is 0 Å². The molecule has 0 aromatic carbocycles. The van der Waals surface area contributed by atoms with E-state index in [1.54, 1.807) is 0 Å². The molecule has 0 aliphatic rings. The summed E-state index contributed by atoms with van der Waals surface area (Å²) in [5.74, 6) is 0.226. The molecular weight excluding hydrogens is 231 g/mol. The van der Waals surface area contributed by atoms with Gasteiger partial charge >= 0.3 is 5.97 Å². The summed E-state index contributed by atoms with van der Waals surface area (Å²) >= 11 is 2.08. The molecule has 1 unspecified atom stereocenters. The number of ether oxygens (including phenoxy) is 1. The Morgan fingerprint density at radius 1 is 1.56 bits per heavy atom. The van der Waals surface area contributed by atoms with Crippen molar-refractivity contribution in [3.63, 3.8) is 0 Å². The van der Waals surface area contributed by atoms with Gasteiger partial charge in [-0.1, -0.05) is 36.4 Å². The number of alkyl halides is 1. The molecule has 3 heteroatoms. The molecule has 0 spiro atoms. The Bertz CT molecular complexity index is 101. The van der Waals surface area contributed by atoms with E-state index in [1.807, 2.05) is 13.8 Å². The summed E-state index contributed by atoms with van der Waals surface area (Å²) in [4.78, 5) is 10.7. The van der Waals surface area contributed by atoms with Gasteiger partial charge in [-0.3, -0.25) is 4.79 Å². The molecule has 0 amide bonds. The molecule has 0 aliphatic heterocycles. The second kappa shape index (κ2) is 4.09. The van der Waals surface area contributed by atoms with Crippen LogP contribution in [0.3, 0.4) is 0 Å². The van der Waals surface area contributed by atoms with Crippen molar-refractivity contribution in [2.24, 2.45) is 5.92 Å². The van der Waals surface area contributed by atoms with Gasteiger partial charge < -0.3 is 4.74 Å². The maximum atomic E-state index is 10.7. The molecule has 0 radical (unpaired) electrons. The number of esters is 1. The van der Waals surface area contributed by atoms with Crippen LogP contribution < -0.4 is 0 Å². The molecular formula is C6H11IO2. The summed E-state index contributed by atoms with van der Waals surface area (Å²) in [6, 6.07) is 0. The maximum absolute atomic E-state index is 10.7. The molecule has 0 fully saturated rings. The van der Waals surface area contributed by atoms with Gasteiger partial charge in [-0.2, -0.15) is 0 Å². The lowest BCUT2D eigenvalue weighted by Crippen LogP contribution is -2.20. The Hall–Kier alpha value is 0.200. The van der Waals surface area contributed by atoms with Gasteiger partial charge in [0.25, 0.3) is 0 Å². The molecule has 0 aromatic heterocycles. The highest BCUT2D eigenvalue weighted by Gasteiger charge is 2.18. The van der Waals surface area contributed by atoms with Crippen LogP contribution >= 0.6 is 22.6 Å². The first-order valence-electron chi connectivity index (χ1n) is 2.81. The first-order chi connectivity index (χ1) is 4.09. The molecule has 9 heavy (non-hydrogen) atoms. The summed E-state index contributed by atoms with van der Waals surface area (Å²) in [5.41, 5.74) is 0. The molecule has 54 valence electrons. The molecule has 0 rings (SSSR count). The van der Waals surface area contributed by atoms with Gasteiger partial charge in [0.1, 0.15) is 3.92 Å². The third-order valence-corrected chi connectivity index (χ3v) is 2.96. The van der Waals surface area contributed by atoms with E-state index in [9.17, 15) is 4.79 Å². The Labute approximate surface area is 69.1 Å². The maximum Gasteiger partial charge on any atom is 0.318 e. The molecule has 0 N–H and O–H groups in total. The molecule has 1 atom stereocenters. The normalized spacial score (nSPS) is 13.4. The number of carbonyl (C=O) groups is 1. The second-order valence-corrected chi connectivity index (χ2v) is 3.51. The van der Waals surface area contributed by atoms with Crippen LogP contribution in [0.4, 0.5) is 0 Å². The lowest BCUT2D eigenvalue weighted by atomic mass is 10.1. The van der Waals surface area contributed by atoms with Gasteiger partial charge in [-0.25, -0.2) is 0 Å². The van der Waals surface area contributed by atoms with Crippen LogP contribution in [0, 0.1) is 5.92 Å². The fraction of sp³-hybridized carbons (Fsp3) is 0.833. The van der Waals surface area contributed by atoms with Gasteiger partial charge in [0.15, 0.2) is 0 Å². The number of carbonyl (C=O) groups excluding carboxylic acids is 1. The van der Waals surface area contributed by atoms with Gasteiger partial charge in [0, 0.05) is 0 Å². The molecule has 0 saturated heterocycles. The van der Waals surface area contributed by atoms with Crippen molar-refractivity contribution >= 4 is 28.6 Å². The minimum absolute atomic E-state index is 0.00685. The van der Waals surface area contributed by atoms with E-state index in [0.717, 1.165) is 0 Å². The Morgan fingerprint density at radius 3 is 2.11 bits per heavy atom. The van der Waals surface area contributed by atoms with E-state index in [4.69, 9.17) is 0 Å². The predicted octanol–water partition coefficient (Wildman–Crippen LogP) is 1.62. The highest BCUT2D eigenvalue weighted by molar-refractivity contribution is 14.1. The predicted molar refractivity (Wildman–Crippen MR) is 44.7 cm³/mol. The van der Waals surface area contributed by atoms with Crippen LogP contribution in [-0.2, 0) is 9.53 Å². The second-order valence-electron chi connectivity index (χ2n) is 2.17. The van der Waals surface area contributed by atoms with Crippen molar-refractivity contribution in [1.29, 1.82) is 0 Å². The monoisotopic (exact) mass is 242 g/mol. The van der Waals surface area contributed by atoms with Gasteiger partial charge in [-0.05, 0) is 5.92 Å². The summed E-state index contributed by atoms with van der Waals surface area (Å²) in [5, 5.41) is 0. The Morgan fingerprint density at radius 2 is 2.00 bits per heavy atom. The number of rotatable bonds is 2. The molecule has 0 aromatic rings. The summed E-state index contributed by atoms with van der Waals surface area (Å²) in [6.07, 6.45) is 0. The molecule has 0 saturated carbocycles. The van der Waals surface area contributed by atoms with Crippen LogP contribution in [-0.4, -0.2) is 17.0 Å². The van der Waals surface area contributed by atoms with Crippen LogP contribution in [0.5, 0.6) is 0 Å². The Balaban J connectivity index is 3.72. The van der Waals surface area contributed by atoms with Crippen LogP contribution in [0.25, 0.3) is 0 Å². The summed E-state index contributed by atoms with van der Waals surface area (Å²) < 4.78 is 4.52. The fourth-order valence-corrected chi connectivity index (χ4v) is 0.639. The van der Waals surface area contributed by atoms with Crippen molar-refractivity contribution in [3.05, 3.63) is 0 Å². The molecule has 0 heterocycles. The first-order valence-corrected chi connectivity index (χ1v) is 4.06. The van der Waals surface area contributed by atoms with Crippen molar-refractivity contribution in [1.82, 2.24) is 0 Å². The van der Waals surface area contributed by atoms with Crippen molar-refractivity contribution in [2.75, 3.05) is 7.11 Å². The first kappa shape index (κ1) is 9.20. The van der Waals surface area contributed by atoms with Crippen LogP contribution in [0.2, 0.25) is 0 Å². The smallest absolute Gasteiger partial charge is 0.318 e. The van der Waals surface area contributed by atoms with Crippen molar-refractivity contribution < 1.29 is 9.53 Å². The number of methoxy groups -OCH3 is 1. The summed E-state index contributed by atoms with van der Waals surface area (Å²) in [7, 11) is 1.41. The van der Waals surface area contributed by atoms with E-state index in [-0.39, 0.29) is 9.89 Å². The average molecular weight is 242 g/mol. The van der Waals surface area contributed by atoms with Gasteiger partial charge in [-0.15, -0.1) is 0 Å². The average Bonchev–Trinajstić information content (AvgIpc) is 1.84. The van der Waals surface area contributed by atoms with E-state index in [2.05, 4.69) is 27.3 Å². The molecule has 0 aliphatic carbocycles.